The summed E-state index contributed by atoms with van der Waals surface area (Å²) in [7, 11) is 24.2. The number of methoxy groups -OCH3 is 1. The van der Waals surface area contributed by atoms with E-state index >= 15 is 0 Å². The summed E-state index contributed by atoms with van der Waals surface area (Å²) in [5.41, 5.74) is -0.332. The molecule has 0 aromatic heterocycles. The van der Waals surface area contributed by atoms with Gasteiger partial charge in [-0.3, -0.25) is 0 Å². The van der Waals surface area contributed by atoms with Gasteiger partial charge in [0.25, 0.3) is 0 Å². The molecule has 0 bridgehead atoms. The topological polar surface area (TPSA) is 29.5 Å². The number of rotatable bonds is 2. The Balaban J connectivity index is 2.91. The lowest BCUT2D eigenvalue weighted by molar-refractivity contribution is 0.412. The maximum absolute atomic E-state index is 14.1. The van der Waals surface area contributed by atoms with Crippen molar-refractivity contribution in [2.75, 3.05) is 7.11 Å². The molecule has 8 radical (unpaired) electrons. The smallest absolute Gasteiger partial charge is 0.134 e. The first kappa shape index (κ1) is 14.6. The first-order valence-corrected chi connectivity index (χ1v) is 5.67. The van der Waals surface area contributed by atoms with Crippen molar-refractivity contribution in [3.05, 3.63) is 24.0 Å². The third-order valence-corrected chi connectivity index (χ3v) is 3.08. The minimum Gasteiger partial charge on any atom is -0.508 e. The molecule has 20 heavy (non-hydrogen) atoms. The second kappa shape index (κ2) is 5.31. The zero-order valence-corrected chi connectivity index (χ0v) is 10.8. The minimum atomic E-state index is -0.630. The number of hydrogen-bond donors (Lipinski definition) is 1. The van der Waals surface area contributed by atoms with Crippen LogP contribution in [0.4, 0.5) is 4.39 Å². The van der Waals surface area contributed by atoms with Gasteiger partial charge >= 0.3 is 0 Å². The summed E-state index contributed by atoms with van der Waals surface area (Å²) in [6, 6.07) is 4.20. The van der Waals surface area contributed by atoms with Crippen LogP contribution < -0.4 is 26.6 Å². The van der Waals surface area contributed by atoms with E-state index in [0.717, 1.165) is 0 Å². The first-order chi connectivity index (χ1) is 9.40. The van der Waals surface area contributed by atoms with Gasteiger partial charge in [0, 0.05) is 5.56 Å². The SMILES string of the molecule is [B]c1c([B])c([B])c(-c2c(F)cccc2OC)c(O)c1[B]. The van der Waals surface area contributed by atoms with E-state index < -0.39 is 11.6 Å². The van der Waals surface area contributed by atoms with Gasteiger partial charge in [0.2, 0.25) is 0 Å². The molecular weight excluding hydrogens is 250 g/mol. The highest BCUT2D eigenvalue weighted by atomic mass is 19.1. The third kappa shape index (κ3) is 2.11. The fourth-order valence-corrected chi connectivity index (χ4v) is 1.98. The summed E-state index contributed by atoms with van der Waals surface area (Å²) >= 11 is 0. The maximum atomic E-state index is 14.1. The van der Waals surface area contributed by atoms with Crippen molar-refractivity contribution in [3.8, 4) is 22.6 Å². The molecule has 1 N–H and O–H groups in total. The number of aromatic hydroxyl groups is 1. The summed E-state index contributed by atoms with van der Waals surface area (Å²) in [5.74, 6) is -0.872. The number of hydrogen-bond acceptors (Lipinski definition) is 2. The second-order valence-corrected chi connectivity index (χ2v) is 4.20. The van der Waals surface area contributed by atoms with E-state index in [0.29, 0.717) is 0 Å². The molecule has 2 aromatic carbocycles. The summed E-state index contributed by atoms with van der Waals surface area (Å²) in [6.45, 7) is 0. The lowest BCUT2D eigenvalue weighted by atomic mass is 9.64. The van der Waals surface area contributed by atoms with Gasteiger partial charge < -0.3 is 9.84 Å². The van der Waals surface area contributed by atoms with Gasteiger partial charge in [0.05, 0.1) is 12.7 Å². The van der Waals surface area contributed by atoms with E-state index in [9.17, 15) is 9.50 Å². The number of halogens is 1. The molecule has 0 unspecified atom stereocenters. The maximum Gasteiger partial charge on any atom is 0.134 e. The van der Waals surface area contributed by atoms with Gasteiger partial charge in [-0.05, 0) is 12.1 Å². The molecule has 2 nitrogen and oxygen atoms in total. The normalized spacial score (nSPS) is 10.5. The zero-order valence-electron chi connectivity index (χ0n) is 10.8. The Bertz CT molecular complexity index is 660. The van der Waals surface area contributed by atoms with Crippen LogP contribution in [0, 0.1) is 5.82 Å². The molecular formula is C13H7B4FO2. The van der Waals surface area contributed by atoms with Crippen molar-refractivity contribution >= 4 is 53.2 Å². The summed E-state index contributed by atoms with van der Waals surface area (Å²) < 4.78 is 19.2. The van der Waals surface area contributed by atoms with Gasteiger partial charge in [-0.25, -0.2) is 4.39 Å². The minimum absolute atomic E-state index is 0.0133. The molecule has 0 spiro atoms. The Labute approximate surface area is 122 Å². The van der Waals surface area contributed by atoms with E-state index in [1.165, 1.54) is 25.3 Å². The average molecular weight is 257 g/mol. The lowest BCUT2D eigenvalue weighted by Crippen LogP contribution is -2.48. The monoisotopic (exact) mass is 258 g/mol. The zero-order chi connectivity index (χ0) is 15.0. The number of ether oxygens (including phenoxy) is 1. The van der Waals surface area contributed by atoms with Crippen LogP contribution in [0.15, 0.2) is 18.2 Å². The predicted octanol–water partition coefficient (Wildman–Crippen LogP) is -1.62. The molecule has 90 valence electrons. The van der Waals surface area contributed by atoms with Crippen molar-refractivity contribution in [2.45, 2.75) is 0 Å². The first-order valence-electron chi connectivity index (χ1n) is 5.67. The van der Waals surface area contributed by atoms with Crippen LogP contribution in [-0.4, -0.2) is 43.6 Å². The average Bonchev–Trinajstić information content (AvgIpc) is 2.44. The highest BCUT2D eigenvalue weighted by molar-refractivity contribution is 6.64. The number of phenols is 1. The highest BCUT2D eigenvalue weighted by Gasteiger charge is 2.20. The molecule has 7 heteroatoms. The van der Waals surface area contributed by atoms with Gasteiger partial charge in [-0.15, -0.1) is 10.9 Å². The molecule has 0 heterocycles. The predicted molar refractivity (Wildman–Crippen MR) is 81.6 cm³/mol. The van der Waals surface area contributed by atoms with Crippen LogP contribution in [0.2, 0.25) is 0 Å². The lowest BCUT2D eigenvalue weighted by Gasteiger charge is -2.20. The second-order valence-electron chi connectivity index (χ2n) is 4.20. The van der Waals surface area contributed by atoms with E-state index in [1.54, 1.807) is 0 Å². The molecule has 2 aromatic rings. The van der Waals surface area contributed by atoms with Crippen LogP contribution in [-0.2, 0) is 0 Å². The van der Waals surface area contributed by atoms with E-state index in [-0.39, 0.29) is 38.7 Å². The Morgan fingerprint density at radius 1 is 0.950 bits per heavy atom. The Morgan fingerprint density at radius 2 is 1.55 bits per heavy atom. The molecule has 0 fully saturated rings. The molecule has 0 saturated carbocycles. The highest BCUT2D eigenvalue weighted by Crippen LogP contribution is 2.34. The van der Waals surface area contributed by atoms with E-state index in [4.69, 9.17) is 36.1 Å². The summed E-state index contributed by atoms with van der Waals surface area (Å²) in [6.07, 6.45) is 0. The standard InChI is InChI=1S/C13H7B4FO2/c1-20-6-4-2-3-5(18)7(6)8-9(14)10(15)11(16)12(17)13(8)19/h2-4,19H,1H3. The summed E-state index contributed by atoms with van der Waals surface area (Å²) in [5, 5.41) is 10.1. The Morgan fingerprint density at radius 3 is 2.15 bits per heavy atom. The van der Waals surface area contributed by atoms with Gasteiger partial charge in [0.15, 0.2) is 0 Å². The van der Waals surface area contributed by atoms with Gasteiger partial charge in [-0.2, -0.15) is 0 Å². The third-order valence-electron chi connectivity index (χ3n) is 3.08. The van der Waals surface area contributed by atoms with Crippen LogP contribution in [0.3, 0.4) is 0 Å². The van der Waals surface area contributed by atoms with E-state index in [2.05, 4.69) is 0 Å². The van der Waals surface area contributed by atoms with Gasteiger partial charge in [0.1, 0.15) is 48.7 Å². The van der Waals surface area contributed by atoms with Crippen molar-refractivity contribution < 1.29 is 14.2 Å². The van der Waals surface area contributed by atoms with Crippen molar-refractivity contribution in [2.24, 2.45) is 0 Å². The molecule has 0 atom stereocenters. The molecule has 0 amide bonds. The van der Waals surface area contributed by atoms with Gasteiger partial charge in [-0.1, -0.05) is 17.0 Å². The Kier molecular flexibility index (Phi) is 3.89. The van der Waals surface area contributed by atoms with Crippen molar-refractivity contribution in [3.63, 3.8) is 0 Å². The molecule has 2 rings (SSSR count). The molecule has 0 aliphatic heterocycles. The molecule has 0 saturated heterocycles. The van der Waals surface area contributed by atoms with Crippen LogP contribution in [0.5, 0.6) is 11.5 Å². The number of phenolic OH excluding ortho intramolecular Hbond substituents is 1. The largest absolute Gasteiger partial charge is 0.508 e. The van der Waals surface area contributed by atoms with Crippen molar-refractivity contribution in [1.82, 2.24) is 0 Å². The fraction of sp³-hybridized carbons (Fsp3) is 0.0769. The van der Waals surface area contributed by atoms with Crippen molar-refractivity contribution in [1.29, 1.82) is 0 Å². The fourth-order valence-electron chi connectivity index (χ4n) is 1.98. The van der Waals surface area contributed by atoms with E-state index in [1.807, 2.05) is 0 Å². The molecule has 0 aliphatic rings. The quantitative estimate of drug-likeness (QED) is 0.656. The number of benzene rings is 2. The van der Waals surface area contributed by atoms with Crippen LogP contribution >= 0.6 is 0 Å². The summed E-state index contributed by atoms with van der Waals surface area (Å²) in [4.78, 5) is 0. The van der Waals surface area contributed by atoms with Crippen LogP contribution in [0.25, 0.3) is 11.1 Å². The Hall–Kier alpha value is -1.77. The van der Waals surface area contributed by atoms with Crippen LogP contribution in [0.1, 0.15) is 0 Å². The molecule has 0 aliphatic carbocycles.